The topological polar surface area (TPSA) is 35.6 Å². The van der Waals surface area contributed by atoms with Gasteiger partial charge in [0.25, 0.3) is 0 Å². The third-order valence-corrected chi connectivity index (χ3v) is 4.61. The number of fused-ring (bicyclic) bond motifs is 1. The van der Waals surface area contributed by atoms with Crippen molar-refractivity contribution in [2.75, 3.05) is 40.3 Å². The van der Waals surface area contributed by atoms with Crippen molar-refractivity contribution in [3.05, 3.63) is 0 Å². The quantitative estimate of drug-likeness (QED) is 0.774. The average molecular weight is 239 g/mol. The van der Waals surface area contributed by atoms with Crippen molar-refractivity contribution in [3.63, 3.8) is 0 Å². The number of carbonyl (C=O) groups is 1. The maximum atomic E-state index is 11.6. The molecule has 0 saturated carbocycles. The summed E-state index contributed by atoms with van der Waals surface area (Å²) in [6, 6.07) is 0. The minimum absolute atomic E-state index is 0.232. The smallest absolute Gasteiger partial charge is 0.223 e. The zero-order chi connectivity index (χ0) is 12.6. The first-order valence-electron chi connectivity index (χ1n) is 6.59. The van der Waals surface area contributed by atoms with Gasteiger partial charge < -0.3 is 10.2 Å². The lowest BCUT2D eigenvalue weighted by molar-refractivity contribution is -0.129. The van der Waals surface area contributed by atoms with E-state index in [1.54, 1.807) is 4.90 Å². The van der Waals surface area contributed by atoms with Gasteiger partial charge in [0, 0.05) is 45.7 Å². The van der Waals surface area contributed by atoms with Crippen molar-refractivity contribution < 1.29 is 4.79 Å². The summed E-state index contributed by atoms with van der Waals surface area (Å²) < 4.78 is 0. The van der Waals surface area contributed by atoms with Crippen molar-refractivity contribution >= 4 is 5.91 Å². The van der Waals surface area contributed by atoms with Gasteiger partial charge in [0.15, 0.2) is 0 Å². The summed E-state index contributed by atoms with van der Waals surface area (Å²) in [5.74, 6) is 1.76. The predicted octanol–water partition coefficient (Wildman–Crippen LogP) is 0.395. The second-order valence-corrected chi connectivity index (χ2v) is 6.16. The Bertz CT molecular complexity index is 301. The summed E-state index contributed by atoms with van der Waals surface area (Å²) in [7, 11) is 3.66. The summed E-state index contributed by atoms with van der Waals surface area (Å²) in [5, 5.41) is 3.48. The van der Waals surface area contributed by atoms with Crippen LogP contribution in [-0.2, 0) is 4.79 Å². The van der Waals surface area contributed by atoms with Gasteiger partial charge in [-0.25, -0.2) is 0 Å². The lowest BCUT2D eigenvalue weighted by atomic mass is 9.85. The van der Waals surface area contributed by atoms with Crippen molar-refractivity contribution in [2.45, 2.75) is 25.8 Å². The molecule has 17 heavy (non-hydrogen) atoms. The summed E-state index contributed by atoms with van der Waals surface area (Å²) in [5.41, 5.74) is 0.237. The van der Waals surface area contributed by atoms with Crippen LogP contribution in [-0.4, -0.2) is 61.5 Å². The molecular weight excluding hydrogens is 214 g/mol. The maximum absolute atomic E-state index is 11.6. The van der Waals surface area contributed by atoms with E-state index in [4.69, 9.17) is 0 Å². The van der Waals surface area contributed by atoms with Crippen molar-refractivity contribution in [2.24, 2.45) is 11.8 Å². The van der Waals surface area contributed by atoms with E-state index in [2.05, 4.69) is 24.1 Å². The van der Waals surface area contributed by atoms with Crippen LogP contribution in [0.25, 0.3) is 0 Å². The van der Waals surface area contributed by atoms with Gasteiger partial charge in [-0.1, -0.05) is 0 Å². The predicted molar refractivity (Wildman–Crippen MR) is 68.8 cm³/mol. The maximum Gasteiger partial charge on any atom is 0.223 e. The second-order valence-electron chi connectivity index (χ2n) is 6.16. The molecule has 98 valence electrons. The Labute approximate surface area is 104 Å². The molecule has 0 radical (unpaired) electrons. The number of likely N-dealkylation sites (tertiary alicyclic amines) is 1. The van der Waals surface area contributed by atoms with Crippen LogP contribution in [0.3, 0.4) is 0 Å². The molecule has 2 aliphatic heterocycles. The first-order valence-corrected chi connectivity index (χ1v) is 6.59. The van der Waals surface area contributed by atoms with Gasteiger partial charge in [0.1, 0.15) is 0 Å². The molecule has 1 amide bonds. The lowest BCUT2D eigenvalue weighted by Gasteiger charge is -2.35. The van der Waals surface area contributed by atoms with Crippen LogP contribution in [0.5, 0.6) is 0 Å². The zero-order valence-electron chi connectivity index (χ0n) is 11.5. The van der Waals surface area contributed by atoms with Crippen LogP contribution in [0, 0.1) is 11.8 Å². The first-order chi connectivity index (χ1) is 7.93. The Morgan fingerprint density at radius 1 is 1.41 bits per heavy atom. The molecule has 2 fully saturated rings. The number of nitrogens with zero attached hydrogens (tertiary/aromatic N) is 2. The zero-order valence-corrected chi connectivity index (χ0v) is 11.5. The van der Waals surface area contributed by atoms with Crippen molar-refractivity contribution in [3.8, 4) is 0 Å². The highest BCUT2D eigenvalue weighted by atomic mass is 16.2. The number of amides is 1. The van der Waals surface area contributed by atoms with Gasteiger partial charge in [-0.3, -0.25) is 9.69 Å². The van der Waals surface area contributed by atoms with Crippen LogP contribution in [0.2, 0.25) is 0 Å². The normalized spacial score (nSPS) is 31.5. The van der Waals surface area contributed by atoms with E-state index < -0.39 is 0 Å². The van der Waals surface area contributed by atoms with Crippen LogP contribution >= 0.6 is 0 Å². The molecule has 2 heterocycles. The molecule has 4 nitrogen and oxygen atoms in total. The molecule has 0 aliphatic carbocycles. The summed E-state index contributed by atoms with van der Waals surface area (Å²) >= 11 is 0. The van der Waals surface area contributed by atoms with Gasteiger partial charge in [-0.2, -0.15) is 0 Å². The molecule has 2 unspecified atom stereocenters. The standard InChI is InChI=1S/C13H25N3O/c1-13(2)11-8-14-7-10(11)9-16(13)6-5-12(17)15(3)4/h10-11,14H,5-9H2,1-4H3. The molecule has 2 rings (SSSR count). The molecule has 4 heteroatoms. The fraction of sp³-hybridized carbons (Fsp3) is 0.923. The van der Waals surface area contributed by atoms with E-state index in [-0.39, 0.29) is 11.4 Å². The van der Waals surface area contributed by atoms with E-state index in [0.717, 1.165) is 38.0 Å². The molecule has 0 aromatic carbocycles. The molecule has 2 aliphatic rings. The monoisotopic (exact) mass is 239 g/mol. The minimum Gasteiger partial charge on any atom is -0.349 e. The highest BCUT2D eigenvalue weighted by molar-refractivity contribution is 5.75. The Kier molecular flexibility index (Phi) is 3.46. The van der Waals surface area contributed by atoms with E-state index in [1.165, 1.54) is 0 Å². The Hall–Kier alpha value is -0.610. The summed E-state index contributed by atoms with van der Waals surface area (Å²) in [6.07, 6.45) is 0.642. The molecule has 0 spiro atoms. The molecule has 2 saturated heterocycles. The Morgan fingerprint density at radius 3 is 2.71 bits per heavy atom. The number of hydrogen-bond donors (Lipinski definition) is 1. The number of hydrogen-bond acceptors (Lipinski definition) is 3. The van der Waals surface area contributed by atoms with Crippen LogP contribution in [0.4, 0.5) is 0 Å². The van der Waals surface area contributed by atoms with Crippen LogP contribution in [0.1, 0.15) is 20.3 Å². The first kappa shape index (κ1) is 12.8. The van der Waals surface area contributed by atoms with E-state index in [0.29, 0.717) is 6.42 Å². The highest BCUT2D eigenvalue weighted by Crippen LogP contribution is 2.40. The van der Waals surface area contributed by atoms with Crippen molar-refractivity contribution in [1.29, 1.82) is 0 Å². The number of rotatable bonds is 3. The van der Waals surface area contributed by atoms with Crippen LogP contribution in [0.15, 0.2) is 0 Å². The van der Waals surface area contributed by atoms with Gasteiger partial charge in [-0.05, 0) is 32.2 Å². The minimum atomic E-state index is 0.232. The van der Waals surface area contributed by atoms with Crippen LogP contribution < -0.4 is 5.32 Å². The lowest BCUT2D eigenvalue weighted by Crippen LogP contribution is -2.45. The van der Waals surface area contributed by atoms with E-state index in [1.807, 2.05) is 14.1 Å². The van der Waals surface area contributed by atoms with E-state index >= 15 is 0 Å². The molecule has 0 aromatic rings. The average Bonchev–Trinajstić information content (AvgIpc) is 2.78. The molecule has 0 bridgehead atoms. The Morgan fingerprint density at radius 2 is 2.12 bits per heavy atom. The summed E-state index contributed by atoms with van der Waals surface area (Å²) in [6.45, 7) is 8.97. The number of carbonyl (C=O) groups excluding carboxylic acids is 1. The Balaban J connectivity index is 1.92. The fourth-order valence-electron chi connectivity index (χ4n) is 3.34. The third kappa shape index (κ3) is 2.33. The molecule has 2 atom stereocenters. The van der Waals surface area contributed by atoms with E-state index in [9.17, 15) is 4.79 Å². The fourth-order valence-corrected chi connectivity index (χ4v) is 3.34. The second kappa shape index (κ2) is 4.58. The van der Waals surface area contributed by atoms with Crippen molar-refractivity contribution in [1.82, 2.24) is 15.1 Å². The van der Waals surface area contributed by atoms with Gasteiger partial charge in [-0.15, -0.1) is 0 Å². The SMILES string of the molecule is CN(C)C(=O)CCN1CC2CNCC2C1(C)C. The van der Waals surface area contributed by atoms with Gasteiger partial charge in [0.2, 0.25) is 5.91 Å². The largest absolute Gasteiger partial charge is 0.349 e. The highest BCUT2D eigenvalue weighted by Gasteiger charge is 2.49. The third-order valence-electron chi connectivity index (χ3n) is 4.61. The molecule has 1 N–H and O–H groups in total. The summed E-state index contributed by atoms with van der Waals surface area (Å²) in [4.78, 5) is 15.8. The van der Waals surface area contributed by atoms with Gasteiger partial charge >= 0.3 is 0 Å². The van der Waals surface area contributed by atoms with Gasteiger partial charge in [0.05, 0.1) is 0 Å². The number of nitrogens with one attached hydrogen (secondary N) is 1. The molecular formula is C13H25N3O. The molecule has 0 aromatic heterocycles.